The van der Waals surface area contributed by atoms with E-state index in [2.05, 4.69) is 5.32 Å². The standard InChI is InChI=1S/C22H24ClF3N2O3/c1-30-19-10-4-15(5-11-19)16-3-2-12-28(13-16)14-20(22(24,25)26)31-21(29)27-18-8-6-17(23)7-9-18/h4-11,16,20H,2-3,12-14H2,1H3,(H,27,29). The van der Waals surface area contributed by atoms with Gasteiger partial charge in [-0.2, -0.15) is 13.2 Å². The summed E-state index contributed by atoms with van der Waals surface area (Å²) in [6.45, 7) is 0.562. The molecule has 1 amide bonds. The minimum Gasteiger partial charge on any atom is -0.497 e. The van der Waals surface area contributed by atoms with Crippen molar-refractivity contribution in [2.45, 2.75) is 31.0 Å². The molecule has 0 aromatic heterocycles. The van der Waals surface area contributed by atoms with Gasteiger partial charge in [-0.15, -0.1) is 0 Å². The quantitative estimate of drug-likeness (QED) is 0.605. The lowest BCUT2D eigenvalue weighted by Gasteiger charge is -2.35. The summed E-state index contributed by atoms with van der Waals surface area (Å²) in [5.41, 5.74) is 1.35. The molecule has 5 nitrogen and oxygen atoms in total. The topological polar surface area (TPSA) is 50.8 Å². The number of carbonyl (C=O) groups is 1. The number of halogens is 4. The molecule has 2 unspecified atom stereocenters. The second kappa shape index (κ2) is 10.2. The van der Waals surface area contributed by atoms with Crippen LogP contribution in [0.2, 0.25) is 5.02 Å². The first-order valence-electron chi connectivity index (χ1n) is 9.91. The molecule has 0 aliphatic carbocycles. The summed E-state index contributed by atoms with van der Waals surface area (Å²) in [4.78, 5) is 13.7. The van der Waals surface area contributed by atoms with Crippen molar-refractivity contribution in [1.29, 1.82) is 0 Å². The number of methoxy groups -OCH3 is 1. The summed E-state index contributed by atoms with van der Waals surface area (Å²) >= 11 is 5.77. The molecule has 2 atom stereocenters. The van der Waals surface area contributed by atoms with Crippen LogP contribution in [-0.2, 0) is 4.74 Å². The zero-order chi connectivity index (χ0) is 22.4. The Labute approximate surface area is 184 Å². The van der Waals surface area contributed by atoms with Gasteiger partial charge in [0.2, 0.25) is 6.10 Å². The van der Waals surface area contributed by atoms with E-state index >= 15 is 0 Å². The van der Waals surface area contributed by atoms with Crippen molar-refractivity contribution in [2.24, 2.45) is 0 Å². The molecule has 0 saturated carbocycles. The zero-order valence-electron chi connectivity index (χ0n) is 17.0. The van der Waals surface area contributed by atoms with Gasteiger partial charge in [0, 0.05) is 23.8 Å². The van der Waals surface area contributed by atoms with Crippen molar-refractivity contribution in [3.63, 3.8) is 0 Å². The zero-order valence-corrected chi connectivity index (χ0v) is 17.7. The number of alkyl halides is 3. The van der Waals surface area contributed by atoms with Crippen LogP contribution in [0.4, 0.5) is 23.7 Å². The van der Waals surface area contributed by atoms with Crippen LogP contribution in [0.1, 0.15) is 24.3 Å². The molecule has 1 N–H and O–H groups in total. The van der Waals surface area contributed by atoms with Crippen LogP contribution in [0.5, 0.6) is 5.75 Å². The number of carbonyl (C=O) groups excluding carboxylic acids is 1. The molecule has 2 aromatic rings. The Hall–Kier alpha value is -2.45. The highest BCUT2D eigenvalue weighted by Gasteiger charge is 2.44. The lowest BCUT2D eigenvalue weighted by atomic mass is 9.90. The minimum atomic E-state index is -4.68. The molecule has 31 heavy (non-hydrogen) atoms. The first-order valence-corrected chi connectivity index (χ1v) is 10.3. The van der Waals surface area contributed by atoms with Crippen molar-refractivity contribution in [2.75, 3.05) is 32.1 Å². The number of nitrogens with one attached hydrogen (secondary N) is 1. The molecular weight excluding hydrogens is 433 g/mol. The Morgan fingerprint density at radius 1 is 1.19 bits per heavy atom. The van der Waals surface area contributed by atoms with Gasteiger partial charge in [0.1, 0.15) is 5.75 Å². The Bertz CT molecular complexity index is 860. The molecule has 1 aliphatic heterocycles. The third kappa shape index (κ3) is 6.77. The van der Waals surface area contributed by atoms with Gasteiger partial charge >= 0.3 is 12.3 Å². The summed E-state index contributed by atoms with van der Waals surface area (Å²) in [6.07, 6.45) is -6.41. The third-order valence-electron chi connectivity index (χ3n) is 5.22. The molecule has 168 valence electrons. The van der Waals surface area contributed by atoms with E-state index in [9.17, 15) is 18.0 Å². The van der Waals surface area contributed by atoms with Gasteiger partial charge in [-0.1, -0.05) is 23.7 Å². The molecule has 0 spiro atoms. The maximum Gasteiger partial charge on any atom is 0.426 e. The molecule has 9 heteroatoms. The first-order chi connectivity index (χ1) is 14.7. The molecule has 2 aromatic carbocycles. The minimum absolute atomic E-state index is 0.108. The first kappa shape index (κ1) is 23.2. The third-order valence-corrected chi connectivity index (χ3v) is 5.47. The van der Waals surface area contributed by atoms with E-state index in [0.29, 0.717) is 23.8 Å². The summed E-state index contributed by atoms with van der Waals surface area (Å²) in [5, 5.41) is 2.75. The average molecular weight is 457 g/mol. The van der Waals surface area contributed by atoms with Gasteiger partial charge < -0.3 is 9.47 Å². The molecular formula is C22H24ClF3N2O3. The van der Waals surface area contributed by atoms with Crippen LogP contribution in [-0.4, -0.2) is 50.0 Å². The van der Waals surface area contributed by atoms with Gasteiger partial charge in [-0.3, -0.25) is 10.2 Å². The summed E-state index contributed by atoms with van der Waals surface area (Å²) < 4.78 is 50.6. The van der Waals surface area contributed by atoms with Crippen LogP contribution in [0.3, 0.4) is 0 Å². The Morgan fingerprint density at radius 3 is 2.48 bits per heavy atom. The molecule has 1 saturated heterocycles. The van der Waals surface area contributed by atoms with E-state index in [1.54, 1.807) is 12.0 Å². The molecule has 3 rings (SSSR count). The van der Waals surface area contributed by atoms with E-state index in [-0.39, 0.29) is 5.92 Å². The number of amides is 1. The van der Waals surface area contributed by atoms with E-state index in [0.717, 1.165) is 24.2 Å². The highest BCUT2D eigenvalue weighted by molar-refractivity contribution is 6.30. The lowest BCUT2D eigenvalue weighted by Crippen LogP contribution is -2.47. The second-order valence-electron chi connectivity index (χ2n) is 7.44. The highest BCUT2D eigenvalue weighted by atomic mass is 35.5. The lowest BCUT2D eigenvalue weighted by molar-refractivity contribution is -0.207. The largest absolute Gasteiger partial charge is 0.497 e. The van der Waals surface area contributed by atoms with Crippen LogP contribution in [0.15, 0.2) is 48.5 Å². The van der Waals surface area contributed by atoms with Crippen LogP contribution in [0.25, 0.3) is 0 Å². The Morgan fingerprint density at radius 2 is 1.87 bits per heavy atom. The van der Waals surface area contributed by atoms with E-state index in [1.807, 2.05) is 24.3 Å². The number of hydrogen-bond donors (Lipinski definition) is 1. The fourth-order valence-electron chi connectivity index (χ4n) is 3.62. The van der Waals surface area contributed by atoms with E-state index in [1.165, 1.54) is 24.3 Å². The highest BCUT2D eigenvalue weighted by Crippen LogP contribution is 2.30. The Balaban J connectivity index is 1.61. The van der Waals surface area contributed by atoms with Crippen molar-refractivity contribution in [3.8, 4) is 5.75 Å². The molecule has 0 radical (unpaired) electrons. The number of nitrogens with zero attached hydrogens (tertiary/aromatic N) is 1. The van der Waals surface area contributed by atoms with Gasteiger partial charge in [0.25, 0.3) is 0 Å². The number of rotatable bonds is 6. The van der Waals surface area contributed by atoms with Crippen molar-refractivity contribution >= 4 is 23.4 Å². The van der Waals surface area contributed by atoms with Crippen LogP contribution >= 0.6 is 11.6 Å². The van der Waals surface area contributed by atoms with Gasteiger partial charge in [0.15, 0.2) is 0 Å². The Kier molecular flexibility index (Phi) is 7.67. The van der Waals surface area contributed by atoms with Crippen LogP contribution < -0.4 is 10.1 Å². The maximum atomic E-state index is 13.6. The smallest absolute Gasteiger partial charge is 0.426 e. The number of benzene rings is 2. The van der Waals surface area contributed by atoms with E-state index in [4.69, 9.17) is 21.1 Å². The molecule has 0 bridgehead atoms. The van der Waals surface area contributed by atoms with Gasteiger partial charge in [-0.25, -0.2) is 4.79 Å². The number of anilines is 1. The fraction of sp³-hybridized carbons (Fsp3) is 0.409. The number of hydrogen-bond acceptors (Lipinski definition) is 4. The maximum absolute atomic E-state index is 13.6. The predicted octanol–water partition coefficient (Wildman–Crippen LogP) is 5.71. The van der Waals surface area contributed by atoms with Crippen molar-refractivity contribution in [1.82, 2.24) is 4.90 Å². The number of likely N-dealkylation sites (tertiary alicyclic amines) is 1. The summed E-state index contributed by atoms with van der Waals surface area (Å²) in [6, 6.07) is 13.6. The molecule has 1 heterocycles. The number of ether oxygens (including phenoxy) is 2. The molecule has 1 fully saturated rings. The van der Waals surface area contributed by atoms with Crippen molar-refractivity contribution in [3.05, 3.63) is 59.1 Å². The van der Waals surface area contributed by atoms with E-state index < -0.39 is 24.9 Å². The van der Waals surface area contributed by atoms with Crippen molar-refractivity contribution < 1.29 is 27.4 Å². The fourth-order valence-corrected chi connectivity index (χ4v) is 3.75. The van der Waals surface area contributed by atoms with Gasteiger partial charge in [-0.05, 0) is 67.3 Å². The molecule has 1 aliphatic rings. The van der Waals surface area contributed by atoms with Crippen LogP contribution in [0, 0.1) is 0 Å². The monoisotopic (exact) mass is 456 g/mol. The SMILES string of the molecule is COc1ccc(C2CCCN(CC(OC(=O)Nc3ccc(Cl)cc3)C(F)(F)F)C2)cc1. The number of piperidine rings is 1. The average Bonchev–Trinajstić information content (AvgIpc) is 2.74. The summed E-state index contributed by atoms with van der Waals surface area (Å²) in [5.74, 6) is 0.838. The summed E-state index contributed by atoms with van der Waals surface area (Å²) in [7, 11) is 1.58. The predicted molar refractivity (Wildman–Crippen MR) is 113 cm³/mol. The van der Waals surface area contributed by atoms with Gasteiger partial charge in [0.05, 0.1) is 7.11 Å². The normalized spacial score (nSPS) is 18.3. The second-order valence-corrected chi connectivity index (χ2v) is 7.88.